The first-order valence-electron chi connectivity index (χ1n) is 6.25. The second-order valence-corrected chi connectivity index (χ2v) is 7.35. The van der Waals surface area contributed by atoms with Crippen molar-refractivity contribution in [2.45, 2.75) is 23.6 Å². The van der Waals surface area contributed by atoms with Crippen LogP contribution in [0.2, 0.25) is 0 Å². The molecule has 1 aromatic carbocycles. The van der Waals surface area contributed by atoms with Gasteiger partial charge in [-0.05, 0) is 17.7 Å². The van der Waals surface area contributed by atoms with Crippen molar-refractivity contribution < 1.29 is 13.2 Å². The molecule has 2 rings (SSSR count). The highest BCUT2D eigenvalue weighted by Gasteiger charge is 2.67. The van der Waals surface area contributed by atoms with Gasteiger partial charge in [0.25, 0.3) is 0 Å². The van der Waals surface area contributed by atoms with Crippen molar-refractivity contribution in [2.24, 2.45) is 11.5 Å². The summed E-state index contributed by atoms with van der Waals surface area (Å²) in [6, 6.07) is 7.32. The van der Waals surface area contributed by atoms with E-state index in [0.29, 0.717) is 0 Å². The molecule has 106 valence electrons. The van der Waals surface area contributed by atoms with Crippen LogP contribution in [0.5, 0.6) is 5.75 Å². The fourth-order valence-corrected chi connectivity index (χ4v) is 4.70. The molecule has 5 nitrogen and oxygen atoms in total. The first-order valence-corrected chi connectivity index (χ1v) is 7.96. The number of hydrogen-bond donors (Lipinski definition) is 2. The lowest BCUT2D eigenvalue weighted by atomic mass is 10.1. The molecule has 0 amide bonds. The number of hydrogen-bond acceptors (Lipinski definition) is 5. The normalized spacial score (nSPS) is 30.1. The van der Waals surface area contributed by atoms with E-state index in [1.54, 1.807) is 26.2 Å². The smallest absolute Gasteiger partial charge is 0.155 e. The molecule has 0 unspecified atom stereocenters. The number of sulfone groups is 1. The Labute approximate surface area is 113 Å². The van der Waals surface area contributed by atoms with Gasteiger partial charge in [0, 0.05) is 18.2 Å². The van der Waals surface area contributed by atoms with Crippen LogP contribution in [-0.2, 0) is 9.84 Å². The Morgan fingerprint density at radius 1 is 1.32 bits per heavy atom. The summed E-state index contributed by atoms with van der Waals surface area (Å²) in [6.07, 6.45) is 0. The average Bonchev–Trinajstić information content (AvgIpc) is 3.07. The van der Waals surface area contributed by atoms with Crippen LogP contribution in [0.25, 0.3) is 0 Å². The molecule has 4 N–H and O–H groups in total. The van der Waals surface area contributed by atoms with Gasteiger partial charge in [0.05, 0.1) is 17.9 Å². The fraction of sp³-hybridized carbons (Fsp3) is 0.538. The largest absolute Gasteiger partial charge is 0.497 e. The zero-order chi connectivity index (χ0) is 14.3. The third-order valence-corrected chi connectivity index (χ3v) is 6.21. The molecule has 0 saturated heterocycles. The summed E-state index contributed by atoms with van der Waals surface area (Å²) in [4.78, 5) is 0. The van der Waals surface area contributed by atoms with Crippen LogP contribution in [0.1, 0.15) is 18.4 Å². The number of benzene rings is 1. The Morgan fingerprint density at radius 2 is 1.89 bits per heavy atom. The second-order valence-electron chi connectivity index (χ2n) is 4.94. The van der Waals surface area contributed by atoms with Gasteiger partial charge in [-0.2, -0.15) is 0 Å². The molecule has 0 heterocycles. The highest BCUT2D eigenvalue weighted by molar-refractivity contribution is 7.92. The van der Waals surface area contributed by atoms with Crippen molar-refractivity contribution in [1.82, 2.24) is 0 Å². The summed E-state index contributed by atoms with van der Waals surface area (Å²) in [5.41, 5.74) is 11.9. The molecule has 1 fully saturated rings. The zero-order valence-corrected chi connectivity index (χ0v) is 12.0. The van der Waals surface area contributed by atoms with Crippen LogP contribution >= 0.6 is 0 Å². The highest BCUT2D eigenvalue weighted by Crippen LogP contribution is 2.53. The summed E-state index contributed by atoms with van der Waals surface area (Å²) >= 11 is 0. The molecule has 0 aromatic heterocycles. The van der Waals surface area contributed by atoms with Gasteiger partial charge in [0.15, 0.2) is 9.84 Å². The number of ether oxygens (including phenoxy) is 1. The average molecular weight is 284 g/mol. The monoisotopic (exact) mass is 284 g/mol. The van der Waals surface area contributed by atoms with E-state index in [1.807, 2.05) is 12.1 Å². The Kier molecular flexibility index (Phi) is 3.59. The van der Waals surface area contributed by atoms with Crippen LogP contribution in [0.4, 0.5) is 0 Å². The fourth-order valence-electron chi connectivity index (χ4n) is 2.68. The SMILES string of the molecule is CCS(=O)(=O)[C@@H]1[C@H](c2ccc(OC)cc2)[C@]1(N)CN. The summed E-state index contributed by atoms with van der Waals surface area (Å²) in [6.45, 7) is 1.79. The lowest BCUT2D eigenvalue weighted by Gasteiger charge is -2.08. The molecular formula is C13H20N2O3S. The predicted molar refractivity (Wildman–Crippen MR) is 75.0 cm³/mol. The van der Waals surface area contributed by atoms with E-state index in [1.165, 1.54) is 0 Å². The molecule has 0 spiro atoms. The van der Waals surface area contributed by atoms with Gasteiger partial charge in [0.1, 0.15) is 5.75 Å². The standard InChI is InChI=1S/C13H20N2O3S/c1-3-19(16,17)12-11(13(12,15)8-14)9-4-6-10(18-2)7-5-9/h4-7,11-12H,3,8,14-15H2,1-2H3/t11-,12+,13+/m0/s1. The van der Waals surface area contributed by atoms with Crippen molar-refractivity contribution in [1.29, 1.82) is 0 Å². The van der Waals surface area contributed by atoms with Crippen LogP contribution in [0.3, 0.4) is 0 Å². The molecule has 6 heteroatoms. The summed E-state index contributed by atoms with van der Waals surface area (Å²) in [5, 5.41) is -0.580. The summed E-state index contributed by atoms with van der Waals surface area (Å²) in [7, 11) is -1.61. The number of nitrogens with two attached hydrogens (primary N) is 2. The predicted octanol–water partition coefficient (Wildman–Crippen LogP) is 0.252. The molecule has 0 aliphatic heterocycles. The van der Waals surface area contributed by atoms with Crippen LogP contribution in [0, 0.1) is 0 Å². The Morgan fingerprint density at radius 3 is 2.32 bits per heavy atom. The second kappa shape index (κ2) is 4.77. The van der Waals surface area contributed by atoms with E-state index in [2.05, 4.69) is 0 Å². The van der Waals surface area contributed by atoms with E-state index < -0.39 is 20.6 Å². The maximum atomic E-state index is 12.1. The van der Waals surface area contributed by atoms with Crippen molar-refractivity contribution in [3.05, 3.63) is 29.8 Å². The van der Waals surface area contributed by atoms with E-state index in [4.69, 9.17) is 16.2 Å². The van der Waals surface area contributed by atoms with Gasteiger partial charge in [-0.15, -0.1) is 0 Å². The van der Waals surface area contributed by atoms with E-state index in [-0.39, 0.29) is 18.2 Å². The van der Waals surface area contributed by atoms with Gasteiger partial charge < -0.3 is 16.2 Å². The van der Waals surface area contributed by atoms with E-state index >= 15 is 0 Å². The minimum absolute atomic E-state index is 0.0866. The Hall–Kier alpha value is -1.11. The minimum atomic E-state index is -3.19. The topological polar surface area (TPSA) is 95.4 Å². The number of rotatable bonds is 5. The van der Waals surface area contributed by atoms with Crippen LogP contribution in [0.15, 0.2) is 24.3 Å². The lowest BCUT2D eigenvalue weighted by Crippen LogP contribution is -2.39. The minimum Gasteiger partial charge on any atom is -0.497 e. The van der Waals surface area contributed by atoms with Crippen molar-refractivity contribution in [3.63, 3.8) is 0 Å². The maximum absolute atomic E-state index is 12.1. The van der Waals surface area contributed by atoms with E-state index in [9.17, 15) is 8.42 Å². The van der Waals surface area contributed by atoms with Crippen LogP contribution in [-0.4, -0.2) is 38.6 Å². The van der Waals surface area contributed by atoms with Gasteiger partial charge in [-0.25, -0.2) is 8.42 Å². The third-order valence-electron chi connectivity index (χ3n) is 3.92. The maximum Gasteiger partial charge on any atom is 0.155 e. The molecule has 0 bridgehead atoms. The first-order chi connectivity index (χ1) is 8.90. The molecule has 1 aliphatic carbocycles. The molecule has 1 aliphatic rings. The molecule has 3 atom stereocenters. The number of methoxy groups -OCH3 is 1. The Balaban J connectivity index is 2.34. The van der Waals surface area contributed by atoms with Crippen molar-refractivity contribution in [2.75, 3.05) is 19.4 Å². The zero-order valence-electron chi connectivity index (χ0n) is 11.2. The summed E-state index contributed by atoms with van der Waals surface area (Å²) in [5.74, 6) is 0.589. The van der Waals surface area contributed by atoms with Gasteiger partial charge in [0.2, 0.25) is 0 Å². The Bertz CT molecular complexity index is 556. The summed E-state index contributed by atoms with van der Waals surface area (Å²) < 4.78 is 29.3. The van der Waals surface area contributed by atoms with Crippen LogP contribution < -0.4 is 16.2 Å². The molecular weight excluding hydrogens is 264 g/mol. The van der Waals surface area contributed by atoms with Gasteiger partial charge >= 0.3 is 0 Å². The third kappa shape index (κ3) is 2.24. The van der Waals surface area contributed by atoms with Gasteiger partial charge in [-0.1, -0.05) is 19.1 Å². The van der Waals surface area contributed by atoms with Gasteiger partial charge in [-0.3, -0.25) is 0 Å². The molecule has 1 saturated carbocycles. The molecule has 19 heavy (non-hydrogen) atoms. The van der Waals surface area contributed by atoms with Crippen molar-refractivity contribution in [3.8, 4) is 5.75 Å². The molecule has 1 aromatic rings. The lowest BCUT2D eigenvalue weighted by molar-refractivity contribution is 0.414. The van der Waals surface area contributed by atoms with E-state index in [0.717, 1.165) is 11.3 Å². The highest BCUT2D eigenvalue weighted by atomic mass is 32.2. The molecule has 0 radical (unpaired) electrons. The van der Waals surface area contributed by atoms with Crippen molar-refractivity contribution >= 4 is 9.84 Å². The quantitative estimate of drug-likeness (QED) is 0.808. The first kappa shape index (κ1) is 14.3.